The molecule has 0 saturated heterocycles. The maximum atomic E-state index is 12.5. The minimum absolute atomic E-state index is 0.0649. The van der Waals surface area contributed by atoms with Gasteiger partial charge in [0.15, 0.2) is 5.82 Å². The van der Waals surface area contributed by atoms with Crippen LogP contribution in [0.1, 0.15) is 38.9 Å². The van der Waals surface area contributed by atoms with Crippen molar-refractivity contribution in [2.75, 3.05) is 11.9 Å². The molecule has 3 rings (SSSR count). The molecule has 1 N–H and O–H groups in total. The molecule has 25 heavy (non-hydrogen) atoms. The number of nitrogens with zero attached hydrogens (tertiary/aromatic N) is 3. The fourth-order valence-corrected chi connectivity index (χ4v) is 2.88. The molecular weight excluding hydrogens is 316 g/mol. The lowest BCUT2D eigenvalue weighted by molar-refractivity contribution is 0.208. The van der Waals surface area contributed by atoms with Gasteiger partial charge in [0.05, 0.1) is 6.04 Å². The van der Waals surface area contributed by atoms with Gasteiger partial charge in [0.25, 0.3) is 5.89 Å². The van der Waals surface area contributed by atoms with Gasteiger partial charge in [0.1, 0.15) is 0 Å². The van der Waals surface area contributed by atoms with Crippen LogP contribution in [-0.2, 0) is 6.42 Å². The van der Waals surface area contributed by atoms with E-state index >= 15 is 0 Å². The van der Waals surface area contributed by atoms with E-state index in [2.05, 4.69) is 34.5 Å². The molecule has 0 saturated carbocycles. The van der Waals surface area contributed by atoms with Crippen LogP contribution in [0, 0.1) is 0 Å². The highest BCUT2D eigenvalue weighted by atomic mass is 16.5. The fourth-order valence-electron chi connectivity index (χ4n) is 2.88. The first kappa shape index (κ1) is 17.2. The van der Waals surface area contributed by atoms with Crippen LogP contribution in [0.25, 0.3) is 11.5 Å². The number of amides is 2. The van der Waals surface area contributed by atoms with Gasteiger partial charge >= 0.3 is 6.03 Å². The van der Waals surface area contributed by atoms with Gasteiger partial charge in [-0.05, 0) is 30.7 Å². The van der Waals surface area contributed by atoms with Gasteiger partial charge in [-0.3, -0.25) is 0 Å². The van der Waals surface area contributed by atoms with Gasteiger partial charge in [0.2, 0.25) is 0 Å². The summed E-state index contributed by atoms with van der Waals surface area (Å²) in [5, 5.41) is 6.86. The zero-order chi connectivity index (χ0) is 17.6. The predicted octanol–water partition coefficient (Wildman–Crippen LogP) is 4.26. The van der Waals surface area contributed by atoms with E-state index in [1.54, 1.807) is 0 Å². The third kappa shape index (κ3) is 4.07. The van der Waals surface area contributed by atoms with E-state index in [-0.39, 0.29) is 12.1 Å². The number of carbonyl (C=O) groups excluding carboxylic acids is 1. The fraction of sp³-hybridized carbons (Fsp3) is 0.421. The van der Waals surface area contributed by atoms with Crippen molar-refractivity contribution in [3.8, 4) is 11.5 Å². The van der Waals surface area contributed by atoms with Gasteiger partial charge in [-0.1, -0.05) is 44.0 Å². The summed E-state index contributed by atoms with van der Waals surface area (Å²) in [6, 6.07) is 7.59. The van der Waals surface area contributed by atoms with Crippen LogP contribution < -0.4 is 5.32 Å². The Morgan fingerprint density at radius 2 is 2.12 bits per heavy atom. The predicted molar refractivity (Wildman–Crippen MR) is 97.3 cm³/mol. The summed E-state index contributed by atoms with van der Waals surface area (Å²) in [4.78, 5) is 18.7. The first-order valence-electron chi connectivity index (χ1n) is 8.88. The van der Waals surface area contributed by atoms with Crippen LogP contribution in [0.4, 0.5) is 10.5 Å². The third-order valence-corrected chi connectivity index (χ3v) is 4.34. The molecule has 1 aromatic carbocycles. The summed E-state index contributed by atoms with van der Waals surface area (Å²) in [6.45, 7) is 4.81. The second-order valence-corrected chi connectivity index (χ2v) is 6.17. The Bertz CT molecular complexity index is 736. The number of nitrogens with one attached hydrogen (secondary N) is 1. The largest absolute Gasteiger partial charge is 0.334 e. The molecule has 1 aliphatic rings. The van der Waals surface area contributed by atoms with E-state index in [9.17, 15) is 4.79 Å². The molecule has 1 atom stereocenters. The first-order valence-corrected chi connectivity index (χ1v) is 8.88. The second-order valence-electron chi connectivity index (χ2n) is 6.17. The highest BCUT2D eigenvalue weighted by molar-refractivity contribution is 5.90. The molecule has 0 spiro atoms. The molecule has 0 aliphatic carbocycles. The number of hydrogen-bond donors (Lipinski definition) is 1. The Hall–Kier alpha value is -2.63. The molecule has 6 nitrogen and oxygen atoms in total. The number of benzene rings is 1. The van der Waals surface area contributed by atoms with E-state index in [0.717, 1.165) is 36.9 Å². The molecule has 6 heteroatoms. The van der Waals surface area contributed by atoms with Gasteiger partial charge in [-0.15, -0.1) is 0 Å². The van der Waals surface area contributed by atoms with Crippen LogP contribution in [0.2, 0.25) is 0 Å². The van der Waals surface area contributed by atoms with E-state index in [0.29, 0.717) is 18.3 Å². The Labute approximate surface area is 147 Å². The molecular formula is C19H24N4O2. The van der Waals surface area contributed by atoms with Crippen LogP contribution in [0.5, 0.6) is 0 Å². The smallest absolute Gasteiger partial charge is 0.322 e. The number of aromatic nitrogens is 2. The van der Waals surface area contributed by atoms with Crippen molar-refractivity contribution >= 4 is 11.7 Å². The number of anilines is 1. The number of hydrogen-bond acceptors (Lipinski definition) is 4. The quantitative estimate of drug-likeness (QED) is 0.798. The van der Waals surface area contributed by atoms with Gasteiger partial charge in [0, 0.05) is 24.2 Å². The molecule has 2 amide bonds. The van der Waals surface area contributed by atoms with E-state index in [4.69, 9.17) is 4.52 Å². The molecule has 0 fully saturated rings. The third-order valence-electron chi connectivity index (χ3n) is 4.34. The van der Waals surface area contributed by atoms with E-state index < -0.39 is 0 Å². The number of aryl methyl sites for hydroxylation is 1. The Balaban J connectivity index is 1.62. The number of carbonyl (C=O) groups is 1. The van der Waals surface area contributed by atoms with Crippen molar-refractivity contribution in [1.29, 1.82) is 0 Å². The van der Waals surface area contributed by atoms with Crippen LogP contribution in [-0.4, -0.2) is 33.7 Å². The van der Waals surface area contributed by atoms with E-state index in [1.165, 1.54) is 0 Å². The normalized spacial score (nSPS) is 16.4. The Morgan fingerprint density at radius 1 is 1.32 bits per heavy atom. The molecule has 0 radical (unpaired) electrons. The number of urea groups is 1. The summed E-state index contributed by atoms with van der Waals surface area (Å²) < 4.78 is 5.23. The highest BCUT2D eigenvalue weighted by Crippen LogP contribution is 2.21. The summed E-state index contributed by atoms with van der Waals surface area (Å²) in [7, 11) is 0. The average Bonchev–Trinajstić information content (AvgIpc) is 3.29. The van der Waals surface area contributed by atoms with Crippen molar-refractivity contribution in [2.45, 2.75) is 45.6 Å². The molecule has 2 heterocycles. The summed E-state index contributed by atoms with van der Waals surface area (Å²) in [5.41, 5.74) is 1.60. The first-order chi connectivity index (χ1) is 12.2. The molecule has 132 valence electrons. The zero-order valence-corrected chi connectivity index (χ0v) is 14.7. The SMILES string of the molecule is CCCCC1C=CCN1C(=O)Nc1ccc(-c2nc(CC)no2)cc1. The number of unbranched alkanes of at least 4 members (excludes halogenated alkanes) is 1. The second kappa shape index (κ2) is 7.96. The number of rotatable bonds is 6. The standard InChI is InChI=1S/C19H24N4O2/c1-3-5-7-16-8-6-13-23(16)19(24)20-15-11-9-14(10-12-15)18-21-17(4-2)22-25-18/h6,8-12,16H,3-5,7,13H2,1-2H3,(H,20,24). The average molecular weight is 340 g/mol. The summed E-state index contributed by atoms with van der Waals surface area (Å²) >= 11 is 0. The van der Waals surface area contributed by atoms with Crippen molar-refractivity contribution in [3.05, 3.63) is 42.2 Å². The zero-order valence-electron chi connectivity index (χ0n) is 14.7. The van der Waals surface area contributed by atoms with Crippen molar-refractivity contribution in [3.63, 3.8) is 0 Å². The van der Waals surface area contributed by atoms with Gasteiger partial charge < -0.3 is 14.7 Å². The topological polar surface area (TPSA) is 71.3 Å². The van der Waals surface area contributed by atoms with Crippen LogP contribution in [0.15, 0.2) is 40.9 Å². The van der Waals surface area contributed by atoms with Crippen molar-refractivity contribution in [1.82, 2.24) is 15.0 Å². The lowest BCUT2D eigenvalue weighted by Gasteiger charge is -2.24. The minimum Gasteiger partial charge on any atom is -0.334 e. The van der Waals surface area contributed by atoms with Crippen molar-refractivity contribution in [2.24, 2.45) is 0 Å². The van der Waals surface area contributed by atoms with E-state index in [1.807, 2.05) is 36.1 Å². The monoisotopic (exact) mass is 340 g/mol. The lowest BCUT2D eigenvalue weighted by Crippen LogP contribution is -2.39. The molecule has 2 aromatic rings. The maximum Gasteiger partial charge on any atom is 0.322 e. The highest BCUT2D eigenvalue weighted by Gasteiger charge is 2.24. The lowest BCUT2D eigenvalue weighted by atomic mass is 10.1. The van der Waals surface area contributed by atoms with Crippen LogP contribution in [0.3, 0.4) is 0 Å². The minimum atomic E-state index is -0.0649. The Morgan fingerprint density at radius 3 is 2.80 bits per heavy atom. The van der Waals surface area contributed by atoms with Gasteiger partial charge in [-0.25, -0.2) is 4.79 Å². The molecule has 1 aliphatic heterocycles. The molecule has 1 unspecified atom stereocenters. The molecule has 1 aromatic heterocycles. The Kier molecular flexibility index (Phi) is 5.48. The summed E-state index contributed by atoms with van der Waals surface area (Å²) in [5.74, 6) is 1.19. The molecule has 0 bridgehead atoms. The summed E-state index contributed by atoms with van der Waals surface area (Å²) in [6.07, 6.45) is 8.19. The van der Waals surface area contributed by atoms with Crippen LogP contribution >= 0.6 is 0 Å². The van der Waals surface area contributed by atoms with Crippen molar-refractivity contribution < 1.29 is 9.32 Å². The van der Waals surface area contributed by atoms with Gasteiger partial charge in [-0.2, -0.15) is 4.98 Å². The maximum absolute atomic E-state index is 12.5.